The third kappa shape index (κ3) is 4.20. The fourth-order valence-corrected chi connectivity index (χ4v) is 1.95. The first kappa shape index (κ1) is 14.3. The van der Waals surface area contributed by atoms with Gasteiger partial charge in [-0.1, -0.05) is 30.3 Å². The van der Waals surface area contributed by atoms with E-state index in [1.165, 1.54) is 11.9 Å². The van der Waals surface area contributed by atoms with E-state index >= 15 is 0 Å². The molecule has 5 nitrogen and oxygen atoms in total. The maximum absolute atomic E-state index is 5.83. The predicted molar refractivity (Wildman–Crippen MR) is 79.8 cm³/mol. The number of anilines is 1. The van der Waals surface area contributed by atoms with Crippen molar-refractivity contribution in [1.82, 2.24) is 9.97 Å². The Bertz CT molecular complexity index is 518. The van der Waals surface area contributed by atoms with Gasteiger partial charge in [0.25, 0.3) is 0 Å². The molecule has 1 heterocycles. The molecule has 0 aliphatic carbocycles. The largest absolute Gasteiger partial charge is 0.478 e. The predicted octanol–water partition coefficient (Wildman–Crippen LogP) is 1.86. The Morgan fingerprint density at radius 2 is 2.05 bits per heavy atom. The highest BCUT2D eigenvalue weighted by molar-refractivity contribution is 5.38. The maximum atomic E-state index is 5.83. The van der Waals surface area contributed by atoms with E-state index in [0.29, 0.717) is 19.0 Å². The normalized spacial score (nSPS) is 11.9. The fraction of sp³-hybridized carbons (Fsp3) is 0.333. The Hall–Kier alpha value is -2.14. The summed E-state index contributed by atoms with van der Waals surface area (Å²) in [6.07, 6.45) is 2.34. The van der Waals surface area contributed by atoms with Gasteiger partial charge in [-0.25, -0.2) is 9.97 Å². The summed E-state index contributed by atoms with van der Waals surface area (Å²) in [5.74, 6) is 1.30. The first-order valence-electron chi connectivity index (χ1n) is 6.77. The average Bonchev–Trinajstić information content (AvgIpc) is 2.48. The van der Waals surface area contributed by atoms with Gasteiger partial charge in [-0.2, -0.15) is 0 Å². The summed E-state index contributed by atoms with van der Waals surface area (Å²) < 4.78 is 5.36. The van der Waals surface area contributed by atoms with Crippen molar-refractivity contribution in [1.29, 1.82) is 0 Å². The van der Waals surface area contributed by atoms with E-state index in [1.54, 1.807) is 6.07 Å². The van der Waals surface area contributed by atoms with Crippen LogP contribution in [-0.2, 0) is 6.42 Å². The van der Waals surface area contributed by atoms with Gasteiger partial charge in [0.2, 0.25) is 5.88 Å². The van der Waals surface area contributed by atoms with E-state index in [2.05, 4.69) is 27.4 Å². The molecular weight excluding hydrogens is 252 g/mol. The zero-order chi connectivity index (χ0) is 14.2. The molecule has 0 aliphatic heterocycles. The molecule has 2 rings (SSSR count). The quantitative estimate of drug-likeness (QED) is 0.805. The molecule has 3 N–H and O–H groups in total. The summed E-state index contributed by atoms with van der Waals surface area (Å²) in [5, 5.41) is 3.32. The second-order valence-electron chi connectivity index (χ2n) is 4.44. The molecule has 0 saturated heterocycles. The molecule has 1 unspecified atom stereocenters. The van der Waals surface area contributed by atoms with E-state index in [-0.39, 0.29) is 6.04 Å². The van der Waals surface area contributed by atoms with Gasteiger partial charge in [0.05, 0.1) is 6.61 Å². The molecule has 20 heavy (non-hydrogen) atoms. The number of nitrogens with one attached hydrogen (secondary N) is 1. The van der Waals surface area contributed by atoms with Crippen molar-refractivity contribution in [3.63, 3.8) is 0 Å². The molecule has 1 aromatic heterocycles. The SMILES string of the molecule is CCOc1cc(NC(CN)Cc2ccccc2)ncn1. The number of benzene rings is 1. The summed E-state index contributed by atoms with van der Waals surface area (Å²) in [6, 6.07) is 12.2. The van der Waals surface area contributed by atoms with Gasteiger partial charge in [-0.15, -0.1) is 0 Å². The molecule has 0 spiro atoms. The second-order valence-corrected chi connectivity index (χ2v) is 4.44. The van der Waals surface area contributed by atoms with Crippen LogP contribution in [-0.4, -0.2) is 29.2 Å². The molecule has 0 saturated carbocycles. The van der Waals surface area contributed by atoms with Crippen molar-refractivity contribution in [3.8, 4) is 5.88 Å². The Morgan fingerprint density at radius 1 is 1.25 bits per heavy atom. The number of ether oxygens (including phenoxy) is 1. The number of nitrogens with two attached hydrogens (primary N) is 1. The molecule has 5 heteroatoms. The molecule has 106 valence electrons. The Labute approximate surface area is 119 Å². The van der Waals surface area contributed by atoms with Crippen molar-refractivity contribution in [2.75, 3.05) is 18.5 Å². The molecule has 1 atom stereocenters. The van der Waals surface area contributed by atoms with Crippen LogP contribution in [0.3, 0.4) is 0 Å². The van der Waals surface area contributed by atoms with E-state index in [4.69, 9.17) is 10.5 Å². The van der Waals surface area contributed by atoms with Gasteiger partial charge in [0.15, 0.2) is 0 Å². The van der Waals surface area contributed by atoms with E-state index in [1.807, 2.05) is 25.1 Å². The number of aromatic nitrogens is 2. The van der Waals surface area contributed by atoms with Crippen molar-refractivity contribution >= 4 is 5.82 Å². The lowest BCUT2D eigenvalue weighted by atomic mass is 10.1. The number of hydrogen-bond acceptors (Lipinski definition) is 5. The van der Waals surface area contributed by atoms with Crippen molar-refractivity contribution < 1.29 is 4.74 Å². The highest BCUT2D eigenvalue weighted by Gasteiger charge is 2.09. The summed E-state index contributed by atoms with van der Waals surface area (Å²) in [4.78, 5) is 8.23. The number of hydrogen-bond donors (Lipinski definition) is 2. The van der Waals surface area contributed by atoms with Crippen LogP contribution in [0.15, 0.2) is 42.7 Å². The third-order valence-corrected chi connectivity index (χ3v) is 2.90. The zero-order valence-electron chi connectivity index (χ0n) is 11.6. The van der Waals surface area contributed by atoms with Crippen molar-refractivity contribution in [2.45, 2.75) is 19.4 Å². The average molecular weight is 272 g/mol. The Morgan fingerprint density at radius 3 is 2.75 bits per heavy atom. The molecule has 2 aromatic rings. The van der Waals surface area contributed by atoms with E-state index < -0.39 is 0 Å². The number of nitrogens with zero attached hydrogens (tertiary/aromatic N) is 2. The smallest absolute Gasteiger partial charge is 0.218 e. The van der Waals surface area contributed by atoms with Crippen LogP contribution < -0.4 is 15.8 Å². The molecule has 0 fully saturated rings. The summed E-state index contributed by atoms with van der Waals surface area (Å²) in [7, 11) is 0. The van der Waals surface area contributed by atoms with E-state index in [0.717, 1.165) is 12.2 Å². The summed E-state index contributed by atoms with van der Waals surface area (Å²) in [6.45, 7) is 3.04. The Balaban J connectivity index is 2.00. The fourth-order valence-electron chi connectivity index (χ4n) is 1.95. The zero-order valence-corrected chi connectivity index (χ0v) is 11.6. The summed E-state index contributed by atoms with van der Waals surface area (Å²) >= 11 is 0. The topological polar surface area (TPSA) is 73.1 Å². The van der Waals surface area contributed by atoms with Crippen LogP contribution in [0.4, 0.5) is 5.82 Å². The molecule has 0 amide bonds. The summed E-state index contributed by atoms with van der Waals surface area (Å²) in [5.41, 5.74) is 7.07. The monoisotopic (exact) mass is 272 g/mol. The third-order valence-electron chi connectivity index (χ3n) is 2.90. The Kier molecular flexibility index (Phi) is 5.32. The van der Waals surface area contributed by atoms with Crippen LogP contribution in [0.25, 0.3) is 0 Å². The van der Waals surface area contributed by atoms with Crippen LogP contribution in [0.1, 0.15) is 12.5 Å². The lowest BCUT2D eigenvalue weighted by Crippen LogP contribution is -2.31. The minimum atomic E-state index is 0.127. The molecular formula is C15H20N4O. The molecule has 0 radical (unpaired) electrons. The van der Waals surface area contributed by atoms with Gasteiger partial charge in [-0.3, -0.25) is 0 Å². The van der Waals surface area contributed by atoms with Gasteiger partial charge >= 0.3 is 0 Å². The first-order chi connectivity index (χ1) is 9.81. The van der Waals surface area contributed by atoms with Crippen LogP contribution in [0, 0.1) is 0 Å². The highest BCUT2D eigenvalue weighted by Crippen LogP contribution is 2.13. The molecule has 0 aliphatic rings. The van der Waals surface area contributed by atoms with Crippen LogP contribution in [0.5, 0.6) is 5.88 Å². The van der Waals surface area contributed by atoms with Gasteiger partial charge < -0.3 is 15.8 Å². The standard InChI is InChI=1S/C15H20N4O/c1-2-20-15-9-14(17-11-18-15)19-13(10-16)8-12-6-4-3-5-7-12/h3-7,9,11,13H,2,8,10,16H2,1H3,(H,17,18,19). The number of rotatable bonds is 7. The second kappa shape index (κ2) is 7.45. The van der Waals surface area contributed by atoms with Gasteiger partial charge in [-0.05, 0) is 18.9 Å². The minimum Gasteiger partial charge on any atom is -0.478 e. The molecule has 0 bridgehead atoms. The van der Waals surface area contributed by atoms with Gasteiger partial charge in [0.1, 0.15) is 12.1 Å². The van der Waals surface area contributed by atoms with Crippen LogP contribution in [0.2, 0.25) is 0 Å². The molecule has 1 aromatic carbocycles. The highest BCUT2D eigenvalue weighted by atomic mass is 16.5. The maximum Gasteiger partial charge on any atom is 0.218 e. The van der Waals surface area contributed by atoms with Crippen LogP contribution >= 0.6 is 0 Å². The lowest BCUT2D eigenvalue weighted by molar-refractivity contribution is 0.326. The van der Waals surface area contributed by atoms with E-state index in [9.17, 15) is 0 Å². The first-order valence-corrected chi connectivity index (χ1v) is 6.77. The minimum absolute atomic E-state index is 0.127. The van der Waals surface area contributed by atoms with Crippen molar-refractivity contribution in [3.05, 3.63) is 48.3 Å². The van der Waals surface area contributed by atoms with Crippen molar-refractivity contribution in [2.24, 2.45) is 5.73 Å². The van der Waals surface area contributed by atoms with Gasteiger partial charge in [0, 0.05) is 18.7 Å². The lowest BCUT2D eigenvalue weighted by Gasteiger charge is -2.17.